The van der Waals surface area contributed by atoms with Crippen molar-refractivity contribution >= 4 is 0 Å². The predicted octanol–water partition coefficient (Wildman–Crippen LogP) is 3.92. The fourth-order valence-corrected chi connectivity index (χ4v) is 3.17. The first-order valence-electron chi connectivity index (χ1n) is 7.23. The molecule has 1 saturated heterocycles. The number of likely N-dealkylation sites (tertiary alicyclic amines) is 1. The molecule has 1 aromatic rings. The van der Waals surface area contributed by atoms with E-state index in [1.807, 2.05) is 6.07 Å². The molecule has 2 atom stereocenters. The lowest BCUT2D eigenvalue weighted by atomic mass is 9.99. The van der Waals surface area contributed by atoms with Crippen LogP contribution in [-0.4, -0.2) is 16.4 Å². The molecule has 3 rings (SSSR count). The average Bonchev–Trinajstić information content (AvgIpc) is 3.16. The van der Waals surface area contributed by atoms with Crippen molar-refractivity contribution in [3.05, 3.63) is 42.1 Å². The largest absolute Gasteiger partial charge is 0.368 e. The minimum absolute atomic E-state index is 0.335. The number of nitrogens with zero attached hydrogens (tertiary/aromatic N) is 2. The lowest BCUT2D eigenvalue weighted by Crippen LogP contribution is -2.26. The van der Waals surface area contributed by atoms with E-state index in [0.717, 1.165) is 24.4 Å². The Morgan fingerprint density at radius 2 is 2.21 bits per heavy atom. The van der Waals surface area contributed by atoms with Crippen LogP contribution in [0, 0.1) is 17.8 Å². The molecule has 1 aliphatic heterocycles. The smallest absolute Gasteiger partial charge is 0.212 e. The maximum atomic E-state index is 12.9. The van der Waals surface area contributed by atoms with E-state index in [1.54, 1.807) is 6.20 Å². The van der Waals surface area contributed by atoms with Crippen LogP contribution in [0.2, 0.25) is 0 Å². The van der Waals surface area contributed by atoms with Gasteiger partial charge in [0, 0.05) is 18.4 Å². The van der Waals surface area contributed by atoms with Gasteiger partial charge in [0.25, 0.3) is 0 Å². The van der Waals surface area contributed by atoms with Crippen LogP contribution in [0.4, 0.5) is 4.39 Å². The van der Waals surface area contributed by atoms with Crippen molar-refractivity contribution in [3.8, 4) is 0 Å². The fraction of sp³-hybridized carbons (Fsp3) is 0.562. The highest BCUT2D eigenvalue weighted by Crippen LogP contribution is 2.44. The fourth-order valence-electron chi connectivity index (χ4n) is 3.17. The van der Waals surface area contributed by atoms with Crippen molar-refractivity contribution in [2.45, 2.75) is 38.6 Å². The zero-order chi connectivity index (χ0) is 13.4. The third-order valence-corrected chi connectivity index (χ3v) is 4.61. The first-order chi connectivity index (χ1) is 9.16. The number of rotatable bonds is 4. The molecule has 2 aliphatic rings. The summed E-state index contributed by atoms with van der Waals surface area (Å²) in [5, 5.41) is 0. The number of halogens is 1. The summed E-state index contributed by atoms with van der Waals surface area (Å²) in [6, 6.07) is 3.65. The zero-order valence-electron chi connectivity index (χ0n) is 11.5. The number of pyridine rings is 1. The highest BCUT2D eigenvalue weighted by Gasteiger charge is 2.35. The van der Waals surface area contributed by atoms with Crippen molar-refractivity contribution in [2.75, 3.05) is 6.54 Å². The van der Waals surface area contributed by atoms with Crippen LogP contribution < -0.4 is 0 Å². The molecule has 1 aliphatic carbocycles. The molecular weight excluding hydrogens is 239 g/mol. The van der Waals surface area contributed by atoms with Crippen molar-refractivity contribution in [1.82, 2.24) is 9.88 Å². The van der Waals surface area contributed by atoms with Crippen LogP contribution in [0.1, 0.15) is 44.2 Å². The maximum Gasteiger partial charge on any atom is 0.212 e. The second kappa shape index (κ2) is 4.95. The van der Waals surface area contributed by atoms with Gasteiger partial charge in [-0.25, -0.2) is 4.98 Å². The summed E-state index contributed by atoms with van der Waals surface area (Å²) in [6.45, 7) is 7.68. The van der Waals surface area contributed by atoms with Crippen LogP contribution in [-0.2, 0) is 0 Å². The summed E-state index contributed by atoms with van der Waals surface area (Å²) in [5.74, 6) is 1.01. The monoisotopic (exact) mass is 260 g/mol. The maximum absolute atomic E-state index is 12.9. The lowest BCUT2D eigenvalue weighted by Gasteiger charge is -2.32. The molecule has 0 N–H and O–H groups in total. The Kier molecular flexibility index (Phi) is 3.29. The van der Waals surface area contributed by atoms with Crippen molar-refractivity contribution in [2.24, 2.45) is 11.8 Å². The van der Waals surface area contributed by atoms with Gasteiger partial charge >= 0.3 is 0 Å². The number of hydrogen-bond donors (Lipinski definition) is 0. The molecule has 1 saturated carbocycles. The van der Waals surface area contributed by atoms with E-state index in [1.165, 1.54) is 31.0 Å². The topological polar surface area (TPSA) is 16.1 Å². The van der Waals surface area contributed by atoms with Gasteiger partial charge in [0.15, 0.2) is 0 Å². The molecule has 2 heterocycles. The minimum Gasteiger partial charge on any atom is -0.368 e. The number of hydrogen-bond acceptors (Lipinski definition) is 2. The second-order valence-electron chi connectivity index (χ2n) is 5.88. The van der Waals surface area contributed by atoms with Crippen LogP contribution >= 0.6 is 0 Å². The molecule has 2 fully saturated rings. The number of aromatic nitrogens is 1. The van der Waals surface area contributed by atoms with E-state index in [9.17, 15) is 4.39 Å². The summed E-state index contributed by atoms with van der Waals surface area (Å²) in [4.78, 5) is 6.20. The third-order valence-electron chi connectivity index (χ3n) is 4.61. The Labute approximate surface area is 114 Å². The SMILES string of the molecule is C=C(C(C)C1CC1)N1CCCC1c1ccc(F)nc1. The quantitative estimate of drug-likeness (QED) is 0.763. The Morgan fingerprint density at radius 1 is 1.42 bits per heavy atom. The molecule has 0 radical (unpaired) electrons. The first-order valence-corrected chi connectivity index (χ1v) is 7.23. The van der Waals surface area contributed by atoms with Crippen molar-refractivity contribution < 1.29 is 4.39 Å². The molecule has 0 bridgehead atoms. The molecule has 0 spiro atoms. The Balaban J connectivity index is 1.77. The Morgan fingerprint density at radius 3 is 2.84 bits per heavy atom. The molecule has 0 amide bonds. The molecular formula is C16H21FN2. The first kappa shape index (κ1) is 12.6. The predicted molar refractivity (Wildman–Crippen MR) is 73.9 cm³/mol. The normalized spacial score (nSPS) is 24.5. The highest BCUT2D eigenvalue weighted by atomic mass is 19.1. The third kappa shape index (κ3) is 2.51. The van der Waals surface area contributed by atoms with Gasteiger partial charge in [-0.15, -0.1) is 0 Å². The average molecular weight is 260 g/mol. The van der Waals surface area contributed by atoms with Gasteiger partial charge in [-0.1, -0.05) is 19.6 Å². The molecule has 2 nitrogen and oxygen atoms in total. The summed E-state index contributed by atoms with van der Waals surface area (Å²) < 4.78 is 12.9. The summed E-state index contributed by atoms with van der Waals surface area (Å²) in [7, 11) is 0. The van der Waals surface area contributed by atoms with E-state index < -0.39 is 5.95 Å². The zero-order valence-corrected chi connectivity index (χ0v) is 11.5. The van der Waals surface area contributed by atoms with Gasteiger partial charge < -0.3 is 4.90 Å². The molecule has 1 aromatic heterocycles. The van der Waals surface area contributed by atoms with Crippen LogP contribution in [0.5, 0.6) is 0 Å². The highest BCUT2D eigenvalue weighted by molar-refractivity contribution is 5.19. The number of allylic oxidation sites excluding steroid dienone is 1. The van der Waals surface area contributed by atoms with E-state index >= 15 is 0 Å². The van der Waals surface area contributed by atoms with E-state index in [2.05, 4.69) is 23.4 Å². The molecule has 3 heteroatoms. The van der Waals surface area contributed by atoms with Gasteiger partial charge in [-0.2, -0.15) is 4.39 Å². The van der Waals surface area contributed by atoms with Crippen LogP contribution in [0.25, 0.3) is 0 Å². The summed E-state index contributed by atoms with van der Waals surface area (Å²) in [6.07, 6.45) is 6.66. The summed E-state index contributed by atoms with van der Waals surface area (Å²) >= 11 is 0. The van der Waals surface area contributed by atoms with Crippen LogP contribution in [0.3, 0.4) is 0 Å². The molecule has 2 unspecified atom stereocenters. The van der Waals surface area contributed by atoms with Crippen molar-refractivity contribution in [1.29, 1.82) is 0 Å². The van der Waals surface area contributed by atoms with E-state index in [-0.39, 0.29) is 0 Å². The molecule has 19 heavy (non-hydrogen) atoms. The minimum atomic E-state index is -0.404. The van der Waals surface area contributed by atoms with Gasteiger partial charge in [0.2, 0.25) is 5.95 Å². The second-order valence-corrected chi connectivity index (χ2v) is 5.88. The van der Waals surface area contributed by atoms with Gasteiger partial charge in [0.05, 0.1) is 6.04 Å². The lowest BCUT2D eigenvalue weighted by molar-refractivity contribution is 0.282. The van der Waals surface area contributed by atoms with E-state index in [0.29, 0.717) is 12.0 Å². The molecule has 0 aromatic carbocycles. The Bertz CT molecular complexity index is 464. The van der Waals surface area contributed by atoms with Gasteiger partial charge in [-0.3, -0.25) is 0 Å². The van der Waals surface area contributed by atoms with E-state index in [4.69, 9.17) is 0 Å². The summed E-state index contributed by atoms with van der Waals surface area (Å²) in [5.41, 5.74) is 2.37. The van der Waals surface area contributed by atoms with Crippen LogP contribution in [0.15, 0.2) is 30.6 Å². The molecule has 102 valence electrons. The van der Waals surface area contributed by atoms with Gasteiger partial charge in [0.1, 0.15) is 0 Å². The van der Waals surface area contributed by atoms with Crippen molar-refractivity contribution in [3.63, 3.8) is 0 Å². The standard InChI is InChI=1S/C16H21FN2/c1-11(13-5-6-13)12(2)19-9-3-4-15(19)14-7-8-16(17)18-10-14/h7-8,10-11,13,15H,2-6,9H2,1H3. The van der Waals surface area contributed by atoms with Gasteiger partial charge in [-0.05, 0) is 49.1 Å². The Hall–Kier alpha value is -1.38.